The van der Waals surface area contributed by atoms with Crippen LogP contribution in [0.25, 0.3) is 17.2 Å². The first-order chi connectivity index (χ1) is 18.2. The molecule has 0 radical (unpaired) electrons. The number of methoxy groups -OCH3 is 1. The van der Waals surface area contributed by atoms with Crippen LogP contribution in [0.4, 0.5) is 17.5 Å². The van der Waals surface area contributed by atoms with Gasteiger partial charge in [0.05, 0.1) is 18.4 Å². The first-order valence-corrected chi connectivity index (χ1v) is 12.2. The third-order valence-electron chi connectivity index (χ3n) is 6.28. The minimum Gasteiger partial charge on any atom is -0.491 e. The number of nitrogens with one attached hydrogen (secondary N) is 2. The second kappa shape index (κ2) is 11.3. The highest BCUT2D eigenvalue weighted by Crippen LogP contribution is 2.24. The summed E-state index contributed by atoms with van der Waals surface area (Å²) in [5.74, 6) is 2.48. The van der Waals surface area contributed by atoms with E-state index >= 15 is 0 Å². The van der Waals surface area contributed by atoms with Crippen molar-refractivity contribution in [3.05, 3.63) is 48.2 Å². The smallest absolute Gasteiger partial charge is 0.225 e. The number of aromatic nitrogens is 4. The van der Waals surface area contributed by atoms with Crippen LogP contribution >= 0.6 is 0 Å². The van der Waals surface area contributed by atoms with E-state index in [1.54, 1.807) is 25.5 Å². The zero-order valence-electron chi connectivity index (χ0n) is 20.8. The zero-order valence-corrected chi connectivity index (χ0v) is 20.8. The lowest BCUT2D eigenvalue weighted by Crippen LogP contribution is -2.47. The van der Waals surface area contributed by atoms with Crippen molar-refractivity contribution in [1.29, 1.82) is 5.41 Å². The topological polar surface area (TPSA) is 143 Å². The lowest BCUT2D eigenvalue weighted by atomic mass is 10.2. The fourth-order valence-electron chi connectivity index (χ4n) is 4.31. The summed E-state index contributed by atoms with van der Waals surface area (Å²) in [6, 6.07) is 11.8. The normalized spacial score (nSPS) is 14.2. The van der Waals surface area contributed by atoms with Crippen LogP contribution in [0.1, 0.15) is 5.56 Å². The maximum atomic E-state index is 7.93. The Bertz CT molecular complexity index is 1310. The molecule has 5 rings (SSSR count). The minimum absolute atomic E-state index is 0.192. The van der Waals surface area contributed by atoms with Crippen LogP contribution in [-0.2, 0) is 4.74 Å². The van der Waals surface area contributed by atoms with E-state index in [2.05, 4.69) is 42.3 Å². The molecule has 0 unspecified atom stereocenters. The fourth-order valence-corrected chi connectivity index (χ4v) is 4.31. The highest BCUT2D eigenvalue weighted by molar-refractivity contribution is 5.93. The number of ether oxygens (including phenoxy) is 2. The molecule has 0 bridgehead atoms. The molecule has 3 aromatic heterocycles. The molecule has 12 nitrogen and oxygen atoms in total. The first kappa shape index (κ1) is 24.5. The summed E-state index contributed by atoms with van der Waals surface area (Å²) in [6.07, 6.45) is 2.78. The molecule has 0 saturated carbocycles. The van der Waals surface area contributed by atoms with E-state index in [1.165, 1.54) is 16.4 Å². The summed E-state index contributed by atoms with van der Waals surface area (Å²) in [5.41, 5.74) is 8.33. The molecule has 194 valence electrons. The van der Waals surface area contributed by atoms with Gasteiger partial charge in [0.2, 0.25) is 11.8 Å². The summed E-state index contributed by atoms with van der Waals surface area (Å²) < 4.78 is 17.5. The molecule has 1 aliphatic heterocycles. The van der Waals surface area contributed by atoms with Crippen molar-refractivity contribution in [2.75, 3.05) is 75.5 Å². The number of nitrogens with zero attached hydrogens (tertiary/aromatic N) is 6. The van der Waals surface area contributed by atoms with Crippen LogP contribution in [0, 0.1) is 5.41 Å². The van der Waals surface area contributed by atoms with Gasteiger partial charge < -0.3 is 35.3 Å². The Morgan fingerprint density at radius 1 is 1.11 bits per heavy atom. The molecular weight excluding hydrogens is 474 g/mol. The van der Waals surface area contributed by atoms with E-state index in [0.717, 1.165) is 38.5 Å². The second-order valence-electron chi connectivity index (χ2n) is 8.62. The third-order valence-corrected chi connectivity index (χ3v) is 6.28. The van der Waals surface area contributed by atoms with Crippen LogP contribution in [0.2, 0.25) is 0 Å². The van der Waals surface area contributed by atoms with Gasteiger partial charge in [-0.1, -0.05) is 0 Å². The second-order valence-corrected chi connectivity index (χ2v) is 8.62. The SMILES string of the molecule is COCCOc1ccc(N2CCN(CCNc3nc(N)n4nc(-c5ccco5)nc4c3C=N)CC2)cc1. The van der Waals surface area contributed by atoms with Crippen molar-refractivity contribution >= 4 is 29.3 Å². The van der Waals surface area contributed by atoms with Gasteiger partial charge in [-0.3, -0.25) is 4.90 Å². The molecule has 1 saturated heterocycles. The standard InChI is InChI=1S/C25H31N9O3/c1-35-15-16-36-19-6-4-18(5-7-19)33-12-10-32(11-13-33)9-8-28-22-20(17-26)24-29-23(21-3-2-14-37-21)31-34(24)25(27)30-22/h2-7,14,17,26,28H,8-13,15-16H2,1H3,(H2,27,30). The summed E-state index contributed by atoms with van der Waals surface area (Å²) in [4.78, 5) is 13.7. The number of benzene rings is 1. The van der Waals surface area contributed by atoms with Crippen molar-refractivity contribution in [2.24, 2.45) is 0 Å². The van der Waals surface area contributed by atoms with Crippen LogP contribution < -0.4 is 20.7 Å². The van der Waals surface area contributed by atoms with Crippen molar-refractivity contribution in [2.45, 2.75) is 0 Å². The number of nitrogens with two attached hydrogens (primary N) is 1. The highest BCUT2D eigenvalue weighted by atomic mass is 16.5. The molecule has 1 fully saturated rings. The molecule has 0 atom stereocenters. The van der Waals surface area contributed by atoms with Crippen LogP contribution in [0.5, 0.6) is 5.75 Å². The van der Waals surface area contributed by atoms with E-state index in [0.29, 0.717) is 48.4 Å². The first-order valence-electron chi connectivity index (χ1n) is 12.2. The van der Waals surface area contributed by atoms with Crippen molar-refractivity contribution in [3.63, 3.8) is 0 Å². The van der Waals surface area contributed by atoms with E-state index in [1.807, 2.05) is 12.1 Å². The predicted octanol–water partition coefficient (Wildman–Crippen LogP) is 2.22. The van der Waals surface area contributed by atoms with Gasteiger partial charge in [0, 0.05) is 58.3 Å². The number of nitrogen functional groups attached to an aromatic ring is 1. The Kier molecular flexibility index (Phi) is 7.47. The molecule has 1 aliphatic rings. The van der Waals surface area contributed by atoms with Crippen molar-refractivity contribution < 1.29 is 13.9 Å². The monoisotopic (exact) mass is 505 g/mol. The predicted molar refractivity (Wildman–Crippen MR) is 142 cm³/mol. The largest absolute Gasteiger partial charge is 0.491 e. The zero-order chi connectivity index (χ0) is 25.6. The molecule has 4 aromatic rings. The highest BCUT2D eigenvalue weighted by Gasteiger charge is 2.19. The van der Waals surface area contributed by atoms with Crippen LogP contribution in [0.15, 0.2) is 47.1 Å². The minimum atomic E-state index is 0.192. The van der Waals surface area contributed by atoms with E-state index in [-0.39, 0.29) is 5.95 Å². The average molecular weight is 506 g/mol. The van der Waals surface area contributed by atoms with E-state index in [4.69, 9.17) is 25.0 Å². The molecule has 12 heteroatoms. The molecule has 0 spiro atoms. The Morgan fingerprint density at radius 2 is 1.92 bits per heavy atom. The Morgan fingerprint density at radius 3 is 2.62 bits per heavy atom. The van der Waals surface area contributed by atoms with Gasteiger partial charge in [-0.15, -0.1) is 5.10 Å². The number of furan rings is 1. The van der Waals surface area contributed by atoms with Gasteiger partial charge in [-0.2, -0.15) is 9.50 Å². The lowest BCUT2D eigenvalue weighted by Gasteiger charge is -2.36. The number of rotatable bonds is 11. The van der Waals surface area contributed by atoms with Gasteiger partial charge in [-0.05, 0) is 36.4 Å². The van der Waals surface area contributed by atoms with Crippen molar-refractivity contribution in [3.8, 4) is 17.3 Å². The summed E-state index contributed by atoms with van der Waals surface area (Å²) in [7, 11) is 1.67. The average Bonchev–Trinajstić information content (AvgIpc) is 3.61. The number of hydrogen-bond acceptors (Lipinski definition) is 11. The fraction of sp³-hybridized carbons (Fsp3) is 0.360. The van der Waals surface area contributed by atoms with Crippen LogP contribution in [-0.4, -0.2) is 90.3 Å². The lowest BCUT2D eigenvalue weighted by molar-refractivity contribution is 0.146. The molecule has 4 heterocycles. The van der Waals surface area contributed by atoms with Crippen LogP contribution in [0.3, 0.4) is 0 Å². The quantitative estimate of drug-likeness (QED) is 0.205. The molecule has 4 N–H and O–H groups in total. The van der Waals surface area contributed by atoms with E-state index in [9.17, 15) is 0 Å². The molecule has 0 aliphatic carbocycles. The third kappa shape index (κ3) is 5.49. The molecule has 0 amide bonds. The summed E-state index contributed by atoms with van der Waals surface area (Å²) in [5, 5.41) is 15.6. The van der Waals surface area contributed by atoms with Gasteiger partial charge in [0.15, 0.2) is 11.4 Å². The molecular formula is C25H31N9O3. The Hall–Kier alpha value is -4.16. The van der Waals surface area contributed by atoms with Gasteiger partial charge in [0.25, 0.3) is 0 Å². The molecule has 37 heavy (non-hydrogen) atoms. The van der Waals surface area contributed by atoms with Gasteiger partial charge in [-0.25, -0.2) is 4.98 Å². The molecule has 1 aromatic carbocycles. The van der Waals surface area contributed by atoms with Gasteiger partial charge in [0.1, 0.15) is 18.2 Å². The number of piperazine rings is 1. The number of anilines is 3. The van der Waals surface area contributed by atoms with E-state index < -0.39 is 0 Å². The maximum Gasteiger partial charge on any atom is 0.225 e. The number of fused-ring (bicyclic) bond motifs is 1. The van der Waals surface area contributed by atoms with Gasteiger partial charge >= 0.3 is 0 Å². The Balaban J connectivity index is 1.15. The number of hydrogen-bond donors (Lipinski definition) is 3. The maximum absolute atomic E-state index is 7.93. The Labute approximate surface area is 214 Å². The summed E-state index contributed by atoms with van der Waals surface area (Å²) in [6.45, 7) is 6.43. The summed E-state index contributed by atoms with van der Waals surface area (Å²) >= 11 is 0. The van der Waals surface area contributed by atoms with Crippen molar-refractivity contribution in [1.82, 2.24) is 24.5 Å².